The van der Waals surface area contributed by atoms with E-state index in [1.165, 1.54) is 0 Å². The summed E-state index contributed by atoms with van der Waals surface area (Å²) < 4.78 is 1.10. The molecule has 4 nitrogen and oxygen atoms in total. The van der Waals surface area contributed by atoms with Crippen molar-refractivity contribution in [3.8, 4) is 6.07 Å². The predicted molar refractivity (Wildman–Crippen MR) is 84.2 cm³/mol. The van der Waals surface area contributed by atoms with E-state index in [0.29, 0.717) is 13.0 Å². The molecule has 0 spiro atoms. The van der Waals surface area contributed by atoms with Gasteiger partial charge in [0.25, 0.3) is 0 Å². The van der Waals surface area contributed by atoms with E-state index in [-0.39, 0.29) is 18.1 Å². The van der Waals surface area contributed by atoms with Gasteiger partial charge in [-0.2, -0.15) is 5.26 Å². The molecule has 1 aromatic carbocycles. The fourth-order valence-electron chi connectivity index (χ4n) is 2.38. The molecule has 0 radical (unpaired) electrons. The van der Waals surface area contributed by atoms with Crippen molar-refractivity contribution >= 4 is 40.0 Å². The number of anilines is 1. The number of Topliss-reactive ketones (excluding diaryl/α,β-unsaturated/α-hetero) is 1. The van der Waals surface area contributed by atoms with E-state index in [1.807, 2.05) is 31.2 Å². The normalized spacial score (nSPS) is 18.8. The number of nitrogens with zero attached hydrogens (tertiary/aromatic N) is 2. The first kappa shape index (κ1) is 15.0. The largest absolute Gasteiger partial charge is 0.312 e. The highest BCUT2D eigenvalue weighted by atomic mass is 127. The molecule has 1 aliphatic rings. The summed E-state index contributed by atoms with van der Waals surface area (Å²) in [7, 11) is 0. The maximum atomic E-state index is 12.4. The summed E-state index contributed by atoms with van der Waals surface area (Å²) in [6.07, 6.45) is 1.16. The standard InChI is InChI=1S/C15H15IN2O2/c1-10-4-5-11(9-13(10)16)18-8-2-3-12(15(18)20)14(19)6-7-17/h4-5,9,12H,2-3,6,8H2,1H3/t12-/m1/s1. The van der Waals surface area contributed by atoms with Gasteiger partial charge in [-0.3, -0.25) is 9.59 Å². The minimum atomic E-state index is -0.651. The van der Waals surface area contributed by atoms with Crippen molar-refractivity contribution in [3.05, 3.63) is 27.3 Å². The van der Waals surface area contributed by atoms with Crippen LogP contribution in [0.4, 0.5) is 5.69 Å². The number of carbonyl (C=O) groups excluding carboxylic acids is 2. The zero-order valence-corrected chi connectivity index (χ0v) is 13.4. The molecule has 0 aliphatic carbocycles. The fourth-order valence-corrected chi connectivity index (χ4v) is 2.88. The number of carbonyl (C=O) groups is 2. The first-order chi connectivity index (χ1) is 9.54. The number of hydrogen-bond acceptors (Lipinski definition) is 3. The Morgan fingerprint density at radius 2 is 2.30 bits per heavy atom. The summed E-state index contributed by atoms with van der Waals surface area (Å²) in [6, 6.07) is 7.68. The van der Waals surface area contributed by atoms with E-state index in [4.69, 9.17) is 5.26 Å². The smallest absolute Gasteiger partial charge is 0.237 e. The van der Waals surface area contributed by atoms with Gasteiger partial charge in [0, 0.05) is 15.8 Å². The van der Waals surface area contributed by atoms with E-state index in [0.717, 1.165) is 21.2 Å². The lowest BCUT2D eigenvalue weighted by Gasteiger charge is -2.31. The Kier molecular flexibility index (Phi) is 4.76. The van der Waals surface area contributed by atoms with Gasteiger partial charge in [-0.1, -0.05) is 6.07 Å². The molecule has 20 heavy (non-hydrogen) atoms. The molecular weight excluding hydrogens is 367 g/mol. The van der Waals surface area contributed by atoms with Crippen LogP contribution in [0.1, 0.15) is 24.8 Å². The first-order valence-electron chi connectivity index (χ1n) is 6.52. The van der Waals surface area contributed by atoms with Gasteiger partial charge in [0.05, 0.1) is 18.4 Å². The van der Waals surface area contributed by atoms with Crippen LogP contribution in [-0.4, -0.2) is 18.2 Å². The molecule has 1 atom stereocenters. The van der Waals surface area contributed by atoms with Crippen molar-refractivity contribution in [2.45, 2.75) is 26.2 Å². The number of piperidine rings is 1. The van der Waals surface area contributed by atoms with Gasteiger partial charge in [-0.25, -0.2) is 0 Å². The molecular formula is C15H15IN2O2. The quantitative estimate of drug-likeness (QED) is 0.597. The zero-order chi connectivity index (χ0) is 14.7. The number of halogens is 1. The molecule has 1 heterocycles. The van der Waals surface area contributed by atoms with E-state index in [1.54, 1.807) is 4.90 Å². The van der Waals surface area contributed by atoms with Crippen LogP contribution < -0.4 is 4.90 Å². The number of aryl methyl sites for hydroxylation is 1. The highest BCUT2D eigenvalue weighted by Crippen LogP contribution is 2.27. The fraction of sp³-hybridized carbons (Fsp3) is 0.400. The highest BCUT2D eigenvalue weighted by molar-refractivity contribution is 14.1. The molecule has 0 saturated carbocycles. The second kappa shape index (κ2) is 6.35. The summed E-state index contributed by atoms with van der Waals surface area (Å²) in [4.78, 5) is 25.9. The lowest BCUT2D eigenvalue weighted by Crippen LogP contribution is -2.44. The van der Waals surface area contributed by atoms with Crippen LogP contribution in [0.5, 0.6) is 0 Å². The van der Waals surface area contributed by atoms with Gasteiger partial charge >= 0.3 is 0 Å². The lowest BCUT2D eigenvalue weighted by atomic mass is 9.91. The third kappa shape index (κ3) is 3.01. The number of rotatable bonds is 3. The van der Waals surface area contributed by atoms with E-state index < -0.39 is 5.92 Å². The molecule has 104 valence electrons. The second-order valence-corrected chi connectivity index (χ2v) is 6.08. The van der Waals surface area contributed by atoms with Gasteiger partial charge in [0.2, 0.25) is 5.91 Å². The van der Waals surface area contributed by atoms with E-state index in [2.05, 4.69) is 22.6 Å². The summed E-state index contributed by atoms with van der Waals surface area (Å²) in [5, 5.41) is 8.61. The van der Waals surface area contributed by atoms with Crippen molar-refractivity contribution in [2.24, 2.45) is 5.92 Å². The Hall–Kier alpha value is -1.42. The van der Waals surface area contributed by atoms with Crippen molar-refractivity contribution < 1.29 is 9.59 Å². The predicted octanol–water partition coefficient (Wildman–Crippen LogP) is 2.83. The van der Waals surface area contributed by atoms with Gasteiger partial charge in [-0.05, 0) is 60.1 Å². The number of benzene rings is 1. The molecule has 2 rings (SSSR count). The monoisotopic (exact) mass is 382 g/mol. The maximum Gasteiger partial charge on any atom is 0.237 e. The molecule has 1 saturated heterocycles. The van der Waals surface area contributed by atoms with Gasteiger partial charge in [-0.15, -0.1) is 0 Å². The van der Waals surface area contributed by atoms with Crippen LogP contribution >= 0.6 is 22.6 Å². The number of amides is 1. The third-order valence-corrected chi connectivity index (χ3v) is 4.71. The third-order valence-electron chi connectivity index (χ3n) is 3.55. The Labute approximate surface area is 131 Å². The van der Waals surface area contributed by atoms with Gasteiger partial charge in [0.15, 0.2) is 5.78 Å². The van der Waals surface area contributed by atoms with Crippen molar-refractivity contribution in [1.82, 2.24) is 0 Å². The highest BCUT2D eigenvalue weighted by Gasteiger charge is 2.34. The average molecular weight is 382 g/mol. The van der Waals surface area contributed by atoms with Crippen LogP contribution in [0.25, 0.3) is 0 Å². The van der Waals surface area contributed by atoms with E-state index >= 15 is 0 Å². The number of ketones is 1. The summed E-state index contributed by atoms with van der Waals surface area (Å²) in [6.45, 7) is 2.65. The Balaban J connectivity index is 2.24. The second-order valence-electron chi connectivity index (χ2n) is 4.92. The molecule has 1 amide bonds. The minimum absolute atomic E-state index is 0.170. The Bertz CT molecular complexity index is 592. The van der Waals surface area contributed by atoms with E-state index in [9.17, 15) is 9.59 Å². The maximum absolute atomic E-state index is 12.4. The van der Waals surface area contributed by atoms with Gasteiger partial charge in [0.1, 0.15) is 0 Å². The number of hydrogen-bond donors (Lipinski definition) is 0. The molecule has 1 aliphatic heterocycles. The molecule has 0 aromatic heterocycles. The SMILES string of the molecule is Cc1ccc(N2CCC[C@H](C(=O)CC#N)C2=O)cc1I. The lowest BCUT2D eigenvalue weighted by molar-refractivity contribution is -0.133. The molecule has 0 N–H and O–H groups in total. The number of nitriles is 1. The first-order valence-corrected chi connectivity index (χ1v) is 7.59. The molecule has 0 unspecified atom stereocenters. The summed E-state index contributed by atoms with van der Waals surface area (Å²) >= 11 is 2.24. The summed E-state index contributed by atoms with van der Waals surface area (Å²) in [5.41, 5.74) is 2.00. The van der Waals surface area contributed by atoms with Crippen LogP contribution in [0.2, 0.25) is 0 Å². The minimum Gasteiger partial charge on any atom is -0.312 e. The van der Waals surface area contributed by atoms with Crippen molar-refractivity contribution in [3.63, 3.8) is 0 Å². The average Bonchev–Trinajstić information content (AvgIpc) is 2.42. The Morgan fingerprint density at radius 1 is 1.55 bits per heavy atom. The molecule has 1 aromatic rings. The van der Waals surface area contributed by atoms with Crippen molar-refractivity contribution in [1.29, 1.82) is 5.26 Å². The topological polar surface area (TPSA) is 61.2 Å². The molecule has 5 heteroatoms. The van der Waals surface area contributed by atoms with Crippen molar-refractivity contribution in [2.75, 3.05) is 11.4 Å². The summed E-state index contributed by atoms with van der Waals surface area (Å²) in [5.74, 6) is -1.08. The van der Waals surface area contributed by atoms with Crippen LogP contribution in [0.3, 0.4) is 0 Å². The zero-order valence-electron chi connectivity index (χ0n) is 11.2. The molecule has 1 fully saturated rings. The Morgan fingerprint density at radius 3 is 2.95 bits per heavy atom. The van der Waals surface area contributed by atoms with Crippen LogP contribution in [0.15, 0.2) is 18.2 Å². The molecule has 0 bridgehead atoms. The van der Waals surface area contributed by atoms with Gasteiger partial charge < -0.3 is 4.90 Å². The van der Waals surface area contributed by atoms with Crippen LogP contribution in [0, 0.1) is 27.7 Å². The van der Waals surface area contributed by atoms with Crippen LogP contribution in [-0.2, 0) is 9.59 Å².